The molecule has 1 amide bonds. The van der Waals surface area contributed by atoms with Gasteiger partial charge in [-0.2, -0.15) is 0 Å². The molecule has 1 aliphatic heterocycles. The van der Waals surface area contributed by atoms with Gasteiger partial charge in [0.15, 0.2) is 0 Å². The molecule has 1 aromatic carbocycles. The Labute approximate surface area is 99.6 Å². The Morgan fingerprint density at radius 3 is 2.71 bits per heavy atom. The van der Waals surface area contributed by atoms with Gasteiger partial charge in [-0.05, 0) is 5.56 Å². The van der Waals surface area contributed by atoms with Gasteiger partial charge in [-0.1, -0.05) is 30.3 Å². The zero-order valence-corrected chi connectivity index (χ0v) is 9.71. The van der Waals surface area contributed by atoms with Gasteiger partial charge in [0.25, 0.3) is 0 Å². The Bertz CT molecular complexity index is 429. The SMILES string of the molecule is CN(C)C(=O)OC1=CC(c2ccccc2)ON1. The van der Waals surface area contributed by atoms with Crippen molar-refractivity contribution in [2.75, 3.05) is 14.1 Å². The molecule has 1 heterocycles. The van der Waals surface area contributed by atoms with Crippen molar-refractivity contribution in [3.05, 3.63) is 47.9 Å². The highest BCUT2D eigenvalue weighted by Crippen LogP contribution is 2.23. The van der Waals surface area contributed by atoms with Gasteiger partial charge in [-0.25, -0.2) is 10.3 Å². The van der Waals surface area contributed by atoms with Crippen LogP contribution in [0, 0.1) is 0 Å². The Hall–Kier alpha value is -2.01. The van der Waals surface area contributed by atoms with Crippen LogP contribution < -0.4 is 5.48 Å². The quantitative estimate of drug-likeness (QED) is 0.847. The monoisotopic (exact) mass is 234 g/mol. The van der Waals surface area contributed by atoms with E-state index < -0.39 is 6.09 Å². The number of nitrogens with zero attached hydrogens (tertiary/aromatic N) is 1. The first-order valence-corrected chi connectivity index (χ1v) is 5.24. The summed E-state index contributed by atoms with van der Waals surface area (Å²) in [5.41, 5.74) is 3.58. The molecule has 5 heteroatoms. The maximum atomic E-state index is 11.3. The van der Waals surface area contributed by atoms with E-state index in [-0.39, 0.29) is 6.10 Å². The summed E-state index contributed by atoms with van der Waals surface area (Å²) in [4.78, 5) is 17.9. The molecule has 1 aromatic rings. The smallest absolute Gasteiger partial charge is 0.392 e. The lowest BCUT2D eigenvalue weighted by Crippen LogP contribution is -2.24. The van der Waals surface area contributed by atoms with Crippen molar-refractivity contribution in [2.24, 2.45) is 0 Å². The van der Waals surface area contributed by atoms with Crippen molar-refractivity contribution < 1.29 is 14.4 Å². The Morgan fingerprint density at radius 1 is 1.35 bits per heavy atom. The lowest BCUT2D eigenvalue weighted by atomic mass is 10.1. The van der Waals surface area contributed by atoms with E-state index in [1.165, 1.54) is 4.90 Å². The molecule has 0 radical (unpaired) electrons. The predicted octanol–water partition coefficient (Wildman–Crippen LogP) is 1.80. The third kappa shape index (κ3) is 2.76. The largest absolute Gasteiger partial charge is 0.416 e. The zero-order valence-electron chi connectivity index (χ0n) is 9.71. The number of hydroxylamine groups is 1. The van der Waals surface area contributed by atoms with Gasteiger partial charge < -0.3 is 9.64 Å². The number of ether oxygens (including phenoxy) is 1. The minimum atomic E-state index is -0.443. The normalized spacial score (nSPS) is 18.2. The summed E-state index contributed by atoms with van der Waals surface area (Å²) in [5.74, 6) is 0.317. The standard InChI is InChI=1S/C12H14N2O3/c1-14(2)12(15)16-11-8-10(17-13-11)9-6-4-3-5-7-9/h3-8,10,13H,1-2H3. The second-order valence-corrected chi connectivity index (χ2v) is 3.84. The predicted molar refractivity (Wildman–Crippen MR) is 61.7 cm³/mol. The molecular weight excluding hydrogens is 220 g/mol. The average Bonchev–Trinajstić information content (AvgIpc) is 2.78. The highest BCUT2D eigenvalue weighted by atomic mass is 16.7. The van der Waals surface area contributed by atoms with Gasteiger partial charge in [0.2, 0.25) is 5.88 Å². The number of benzene rings is 1. The van der Waals surface area contributed by atoms with E-state index in [2.05, 4.69) is 5.48 Å². The van der Waals surface area contributed by atoms with Crippen LogP contribution in [0.2, 0.25) is 0 Å². The second-order valence-electron chi connectivity index (χ2n) is 3.84. The summed E-state index contributed by atoms with van der Waals surface area (Å²) in [6.45, 7) is 0. The minimum absolute atomic E-state index is 0.235. The fourth-order valence-electron chi connectivity index (χ4n) is 1.37. The second kappa shape index (κ2) is 4.88. The number of amides is 1. The fourth-order valence-corrected chi connectivity index (χ4v) is 1.37. The van der Waals surface area contributed by atoms with Crippen LogP contribution in [-0.2, 0) is 9.57 Å². The number of hydrogen-bond acceptors (Lipinski definition) is 4. The molecule has 0 aliphatic carbocycles. The molecule has 2 rings (SSSR count). The van der Waals surface area contributed by atoms with Crippen molar-refractivity contribution >= 4 is 6.09 Å². The molecule has 0 bridgehead atoms. The van der Waals surface area contributed by atoms with Crippen molar-refractivity contribution in [1.29, 1.82) is 0 Å². The molecule has 1 aliphatic rings. The van der Waals surface area contributed by atoms with E-state index in [9.17, 15) is 4.79 Å². The van der Waals surface area contributed by atoms with Gasteiger partial charge in [0.1, 0.15) is 6.10 Å². The first-order valence-electron chi connectivity index (χ1n) is 5.24. The summed E-state index contributed by atoms with van der Waals surface area (Å²) < 4.78 is 5.04. The molecule has 1 atom stereocenters. The topological polar surface area (TPSA) is 50.8 Å². The van der Waals surface area contributed by atoms with Crippen LogP contribution in [-0.4, -0.2) is 25.1 Å². The molecule has 1 N–H and O–H groups in total. The number of hydrogen-bond donors (Lipinski definition) is 1. The van der Waals surface area contributed by atoms with Crippen molar-refractivity contribution in [3.8, 4) is 0 Å². The van der Waals surface area contributed by atoms with Gasteiger partial charge in [0.05, 0.1) is 0 Å². The van der Waals surface area contributed by atoms with Crippen LogP contribution in [0.3, 0.4) is 0 Å². The van der Waals surface area contributed by atoms with E-state index in [0.29, 0.717) is 5.88 Å². The maximum absolute atomic E-state index is 11.3. The molecule has 0 saturated heterocycles. The average molecular weight is 234 g/mol. The molecule has 0 spiro atoms. The van der Waals surface area contributed by atoms with Gasteiger partial charge in [-0.15, -0.1) is 0 Å². The minimum Gasteiger partial charge on any atom is -0.392 e. The summed E-state index contributed by atoms with van der Waals surface area (Å²) in [6.07, 6.45) is 1.04. The Balaban J connectivity index is 2.02. The summed E-state index contributed by atoms with van der Waals surface area (Å²) in [5, 5.41) is 0. The number of nitrogens with one attached hydrogen (secondary N) is 1. The number of carbonyl (C=O) groups excluding carboxylic acids is 1. The van der Waals surface area contributed by atoms with Gasteiger partial charge >= 0.3 is 6.09 Å². The first-order chi connectivity index (χ1) is 8.16. The maximum Gasteiger partial charge on any atom is 0.416 e. The van der Waals surface area contributed by atoms with E-state index in [0.717, 1.165) is 5.56 Å². The molecule has 5 nitrogen and oxygen atoms in total. The molecule has 1 unspecified atom stereocenters. The van der Waals surface area contributed by atoms with Crippen LogP contribution in [0.5, 0.6) is 0 Å². The highest BCUT2D eigenvalue weighted by molar-refractivity contribution is 5.68. The third-order valence-corrected chi connectivity index (χ3v) is 2.28. The van der Waals surface area contributed by atoms with Gasteiger partial charge in [0, 0.05) is 20.2 Å². The zero-order chi connectivity index (χ0) is 12.3. The lowest BCUT2D eigenvalue weighted by Gasteiger charge is -2.10. The third-order valence-electron chi connectivity index (χ3n) is 2.28. The van der Waals surface area contributed by atoms with E-state index in [1.54, 1.807) is 20.2 Å². The summed E-state index contributed by atoms with van der Waals surface area (Å²) >= 11 is 0. The molecule has 17 heavy (non-hydrogen) atoms. The first kappa shape index (κ1) is 11.5. The number of rotatable bonds is 2. The van der Waals surface area contributed by atoms with Crippen LogP contribution in [0.25, 0.3) is 0 Å². The van der Waals surface area contributed by atoms with Crippen LogP contribution in [0.1, 0.15) is 11.7 Å². The van der Waals surface area contributed by atoms with Crippen LogP contribution in [0.15, 0.2) is 42.3 Å². The lowest BCUT2D eigenvalue weighted by molar-refractivity contribution is 0.0187. The Kier molecular flexibility index (Phi) is 3.30. The molecule has 0 aromatic heterocycles. The van der Waals surface area contributed by atoms with Crippen LogP contribution in [0.4, 0.5) is 4.79 Å². The van der Waals surface area contributed by atoms with Crippen molar-refractivity contribution in [3.63, 3.8) is 0 Å². The van der Waals surface area contributed by atoms with E-state index >= 15 is 0 Å². The van der Waals surface area contributed by atoms with Crippen molar-refractivity contribution in [2.45, 2.75) is 6.10 Å². The molecule has 90 valence electrons. The van der Waals surface area contributed by atoms with Crippen molar-refractivity contribution in [1.82, 2.24) is 10.4 Å². The summed E-state index contributed by atoms with van der Waals surface area (Å²) in [7, 11) is 3.24. The molecule has 0 saturated carbocycles. The van der Waals surface area contributed by atoms with E-state index in [4.69, 9.17) is 9.57 Å². The number of carbonyl (C=O) groups is 1. The summed E-state index contributed by atoms with van der Waals surface area (Å²) in [6, 6.07) is 9.67. The molecular formula is C12H14N2O3. The Morgan fingerprint density at radius 2 is 2.06 bits per heavy atom. The fraction of sp³-hybridized carbons (Fsp3) is 0.250. The van der Waals surface area contributed by atoms with E-state index in [1.807, 2.05) is 30.3 Å². The highest BCUT2D eigenvalue weighted by Gasteiger charge is 2.21. The molecule has 0 fully saturated rings. The van der Waals surface area contributed by atoms with Gasteiger partial charge in [-0.3, -0.25) is 4.84 Å². The van der Waals surface area contributed by atoms with Crippen LogP contribution >= 0.6 is 0 Å².